The molecule has 2 aromatic rings. The molecule has 0 saturated carbocycles. The van der Waals surface area contributed by atoms with Crippen molar-refractivity contribution in [1.82, 2.24) is 5.32 Å². The van der Waals surface area contributed by atoms with Gasteiger partial charge in [-0.3, -0.25) is 9.59 Å². The minimum absolute atomic E-state index is 0.0346. The Morgan fingerprint density at radius 3 is 2.32 bits per heavy atom. The molecule has 28 heavy (non-hydrogen) atoms. The van der Waals surface area contributed by atoms with Crippen molar-refractivity contribution >= 4 is 11.9 Å². The zero-order valence-corrected chi connectivity index (χ0v) is 15.6. The molecule has 148 valence electrons. The van der Waals surface area contributed by atoms with Crippen LogP contribution in [0.3, 0.4) is 0 Å². The van der Waals surface area contributed by atoms with Gasteiger partial charge in [0.1, 0.15) is 5.82 Å². The van der Waals surface area contributed by atoms with E-state index in [0.717, 1.165) is 11.1 Å². The third kappa shape index (κ3) is 4.57. The predicted molar refractivity (Wildman–Crippen MR) is 102 cm³/mol. The highest BCUT2D eigenvalue weighted by Gasteiger charge is 2.42. The standard InChI is InChI=1S/C22H24FNO4/c23-19-8-6-18(7-9-19)22(10-12-28-13-11-22)21(27)24-15-17(20(25)26)14-16-4-2-1-3-5-16/h1-9,17H,10-15H2,(H,24,27)(H,25,26). The van der Waals surface area contributed by atoms with Gasteiger partial charge in [0.2, 0.25) is 5.91 Å². The Morgan fingerprint density at radius 1 is 1.07 bits per heavy atom. The van der Waals surface area contributed by atoms with Crippen LogP contribution in [0.2, 0.25) is 0 Å². The number of hydrogen-bond donors (Lipinski definition) is 2. The fraction of sp³-hybridized carbons (Fsp3) is 0.364. The van der Waals surface area contributed by atoms with Gasteiger partial charge in [-0.05, 0) is 42.5 Å². The summed E-state index contributed by atoms with van der Waals surface area (Å²) in [6, 6.07) is 15.3. The predicted octanol–water partition coefficient (Wildman–Crippen LogP) is 2.93. The first kappa shape index (κ1) is 20.0. The first-order chi connectivity index (χ1) is 13.5. The van der Waals surface area contributed by atoms with Crippen molar-refractivity contribution in [1.29, 1.82) is 0 Å². The Bertz CT molecular complexity index is 801. The third-order valence-corrected chi connectivity index (χ3v) is 5.36. The van der Waals surface area contributed by atoms with Crippen LogP contribution in [0.4, 0.5) is 4.39 Å². The van der Waals surface area contributed by atoms with Gasteiger partial charge in [-0.2, -0.15) is 0 Å². The molecule has 1 saturated heterocycles. The van der Waals surface area contributed by atoms with E-state index in [4.69, 9.17) is 4.74 Å². The molecular weight excluding hydrogens is 361 g/mol. The summed E-state index contributed by atoms with van der Waals surface area (Å²) in [5.74, 6) is -2.27. The molecule has 6 heteroatoms. The zero-order chi connectivity index (χ0) is 20.0. The van der Waals surface area contributed by atoms with Crippen LogP contribution in [-0.4, -0.2) is 36.7 Å². The summed E-state index contributed by atoms with van der Waals surface area (Å²) >= 11 is 0. The molecule has 1 fully saturated rings. The van der Waals surface area contributed by atoms with Crippen LogP contribution >= 0.6 is 0 Å². The first-order valence-corrected chi connectivity index (χ1v) is 9.40. The Hall–Kier alpha value is -2.73. The summed E-state index contributed by atoms with van der Waals surface area (Å²) in [4.78, 5) is 24.8. The summed E-state index contributed by atoms with van der Waals surface area (Å²) < 4.78 is 18.8. The van der Waals surface area contributed by atoms with E-state index in [-0.39, 0.29) is 18.3 Å². The lowest BCUT2D eigenvalue weighted by molar-refractivity contribution is -0.142. The molecule has 0 aromatic heterocycles. The average molecular weight is 385 g/mol. The van der Waals surface area contributed by atoms with E-state index in [0.29, 0.717) is 32.5 Å². The van der Waals surface area contributed by atoms with E-state index in [1.807, 2.05) is 30.3 Å². The molecule has 0 bridgehead atoms. The maximum absolute atomic E-state index is 13.3. The van der Waals surface area contributed by atoms with Gasteiger partial charge in [0.05, 0.1) is 11.3 Å². The van der Waals surface area contributed by atoms with Gasteiger partial charge in [-0.15, -0.1) is 0 Å². The highest BCUT2D eigenvalue weighted by atomic mass is 19.1. The summed E-state index contributed by atoms with van der Waals surface area (Å²) in [6.45, 7) is 0.890. The average Bonchev–Trinajstić information content (AvgIpc) is 2.72. The lowest BCUT2D eigenvalue weighted by atomic mass is 9.73. The number of carbonyl (C=O) groups excluding carboxylic acids is 1. The molecule has 5 nitrogen and oxygen atoms in total. The van der Waals surface area contributed by atoms with Gasteiger partial charge in [-0.1, -0.05) is 42.5 Å². The van der Waals surface area contributed by atoms with E-state index < -0.39 is 17.3 Å². The first-order valence-electron chi connectivity index (χ1n) is 9.40. The lowest BCUT2D eigenvalue weighted by Crippen LogP contribution is -2.49. The summed E-state index contributed by atoms with van der Waals surface area (Å²) in [5, 5.41) is 12.4. The monoisotopic (exact) mass is 385 g/mol. The summed E-state index contributed by atoms with van der Waals surface area (Å²) in [7, 11) is 0. The second-order valence-corrected chi connectivity index (χ2v) is 7.14. The second kappa shape index (κ2) is 8.97. The number of rotatable bonds is 7. The van der Waals surface area contributed by atoms with Crippen LogP contribution in [0.1, 0.15) is 24.0 Å². The Kier molecular flexibility index (Phi) is 6.41. The molecule has 3 rings (SSSR count). The topological polar surface area (TPSA) is 75.6 Å². The number of carboxylic acid groups (broad SMARTS) is 1. The summed E-state index contributed by atoms with van der Waals surface area (Å²) in [6.07, 6.45) is 1.28. The van der Waals surface area contributed by atoms with Crippen molar-refractivity contribution in [3.05, 3.63) is 71.5 Å². The van der Waals surface area contributed by atoms with E-state index in [2.05, 4.69) is 5.32 Å². The molecule has 1 heterocycles. The highest BCUT2D eigenvalue weighted by Crippen LogP contribution is 2.35. The molecule has 2 aromatic carbocycles. The van der Waals surface area contributed by atoms with Gasteiger partial charge in [-0.25, -0.2) is 4.39 Å². The minimum atomic E-state index is -0.952. The largest absolute Gasteiger partial charge is 0.481 e. The molecule has 1 unspecified atom stereocenters. The summed E-state index contributed by atoms with van der Waals surface area (Å²) in [5.41, 5.74) is 0.801. The van der Waals surface area contributed by atoms with Crippen LogP contribution in [-0.2, 0) is 26.2 Å². The van der Waals surface area contributed by atoms with Gasteiger partial charge < -0.3 is 15.2 Å². The Labute approximate surface area is 163 Å². The third-order valence-electron chi connectivity index (χ3n) is 5.36. The van der Waals surface area contributed by atoms with Gasteiger partial charge in [0, 0.05) is 19.8 Å². The quantitative estimate of drug-likeness (QED) is 0.768. The van der Waals surface area contributed by atoms with E-state index in [9.17, 15) is 19.1 Å². The highest BCUT2D eigenvalue weighted by molar-refractivity contribution is 5.88. The van der Waals surface area contributed by atoms with Crippen molar-refractivity contribution in [3.63, 3.8) is 0 Å². The molecule has 0 aliphatic carbocycles. The van der Waals surface area contributed by atoms with E-state index in [1.165, 1.54) is 12.1 Å². The van der Waals surface area contributed by atoms with Gasteiger partial charge >= 0.3 is 5.97 Å². The number of benzene rings is 2. The maximum atomic E-state index is 13.3. The fourth-order valence-corrected chi connectivity index (χ4v) is 3.67. The van der Waals surface area contributed by atoms with Crippen molar-refractivity contribution in [3.8, 4) is 0 Å². The number of halogens is 1. The molecule has 1 aliphatic heterocycles. The number of hydrogen-bond acceptors (Lipinski definition) is 3. The van der Waals surface area contributed by atoms with Crippen LogP contribution in [0.5, 0.6) is 0 Å². The number of carbonyl (C=O) groups is 2. The lowest BCUT2D eigenvalue weighted by Gasteiger charge is -2.36. The molecule has 1 amide bonds. The SMILES string of the molecule is O=C(O)C(CNC(=O)C1(c2ccc(F)cc2)CCOCC1)Cc1ccccc1. The molecule has 1 aliphatic rings. The van der Waals surface area contributed by atoms with Crippen molar-refractivity contribution in [2.75, 3.05) is 19.8 Å². The normalized spacial score (nSPS) is 16.9. The van der Waals surface area contributed by atoms with Crippen molar-refractivity contribution < 1.29 is 23.8 Å². The van der Waals surface area contributed by atoms with Gasteiger partial charge in [0.15, 0.2) is 0 Å². The number of ether oxygens (including phenoxy) is 1. The van der Waals surface area contributed by atoms with Crippen molar-refractivity contribution in [2.45, 2.75) is 24.7 Å². The molecule has 0 radical (unpaired) electrons. The second-order valence-electron chi connectivity index (χ2n) is 7.14. The van der Waals surface area contributed by atoms with Crippen LogP contribution in [0.15, 0.2) is 54.6 Å². The van der Waals surface area contributed by atoms with E-state index in [1.54, 1.807) is 12.1 Å². The van der Waals surface area contributed by atoms with E-state index >= 15 is 0 Å². The van der Waals surface area contributed by atoms with Crippen LogP contribution in [0, 0.1) is 11.7 Å². The smallest absolute Gasteiger partial charge is 0.308 e. The maximum Gasteiger partial charge on any atom is 0.308 e. The zero-order valence-electron chi connectivity index (χ0n) is 15.6. The van der Waals surface area contributed by atoms with Crippen LogP contribution in [0.25, 0.3) is 0 Å². The van der Waals surface area contributed by atoms with Crippen LogP contribution < -0.4 is 5.32 Å². The minimum Gasteiger partial charge on any atom is -0.481 e. The Morgan fingerprint density at radius 2 is 1.71 bits per heavy atom. The number of aliphatic carboxylic acids is 1. The number of nitrogens with one attached hydrogen (secondary N) is 1. The van der Waals surface area contributed by atoms with Crippen molar-refractivity contribution in [2.24, 2.45) is 5.92 Å². The number of carboxylic acids is 1. The molecule has 2 N–H and O–H groups in total. The Balaban J connectivity index is 1.74. The number of amides is 1. The molecular formula is C22H24FNO4. The fourth-order valence-electron chi connectivity index (χ4n) is 3.67. The van der Waals surface area contributed by atoms with Gasteiger partial charge in [0.25, 0.3) is 0 Å². The molecule has 1 atom stereocenters. The molecule has 0 spiro atoms.